The smallest absolute Gasteiger partial charge is 0.331 e. The second-order valence-corrected chi connectivity index (χ2v) is 5.86. The number of benzene rings is 1. The SMILES string of the molecule is COc1cc(/C=C/C(=O)OCC(=O)NC2CC2)ccc1OC(C)C. The zero-order chi connectivity index (χ0) is 17.5. The lowest BCUT2D eigenvalue weighted by molar-refractivity contribution is -0.143. The minimum Gasteiger partial charge on any atom is -0.493 e. The van der Waals surface area contributed by atoms with Crippen molar-refractivity contribution in [1.29, 1.82) is 0 Å². The number of methoxy groups -OCH3 is 1. The summed E-state index contributed by atoms with van der Waals surface area (Å²) >= 11 is 0. The number of hydrogen-bond acceptors (Lipinski definition) is 5. The molecule has 1 fully saturated rings. The van der Waals surface area contributed by atoms with Gasteiger partial charge in [-0.05, 0) is 50.5 Å². The fraction of sp³-hybridized carbons (Fsp3) is 0.444. The molecule has 1 aromatic carbocycles. The Kier molecular flexibility index (Phi) is 6.23. The Balaban J connectivity index is 1.87. The highest BCUT2D eigenvalue weighted by Gasteiger charge is 2.23. The molecule has 1 aromatic rings. The Morgan fingerprint density at radius 3 is 2.67 bits per heavy atom. The van der Waals surface area contributed by atoms with E-state index in [2.05, 4.69) is 5.32 Å². The van der Waals surface area contributed by atoms with Gasteiger partial charge in [0.2, 0.25) is 0 Å². The van der Waals surface area contributed by atoms with E-state index < -0.39 is 5.97 Å². The maximum absolute atomic E-state index is 11.6. The van der Waals surface area contributed by atoms with E-state index in [0.717, 1.165) is 18.4 Å². The van der Waals surface area contributed by atoms with Crippen LogP contribution in [0.15, 0.2) is 24.3 Å². The van der Waals surface area contributed by atoms with E-state index in [1.54, 1.807) is 25.3 Å². The topological polar surface area (TPSA) is 73.9 Å². The van der Waals surface area contributed by atoms with E-state index in [4.69, 9.17) is 14.2 Å². The third kappa shape index (κ3) is 5.95. The van der Waals surface area contributed by atoms with E-state index in [-0.39, 0.29) is 24.7 Å². The van der Waals surface area contributed by atoms with Crippen molar-refractivity contribution in [2.45, 2.75) is 38.8 Å². The Bertz CT molecular complexity index is 620. The van der Waals surface area contributed by atoms with Crippen LogP contribution in [0.25, 0.3) is 6.08 Å². The van der Waals surface area contributed by atoms with Gasteiger partial charge in [-0.3, -0.25) is 4.79 Å². The average molecular weight is 333 g/mol. The third-order valence-electron chi connectivity index (χ3n) is 3.25. The van der Waals surface area contributed by atoms with Crippen LogP contribution in [0.2, 0.25) is 0 Å². The van der Waals surface area contributed by atoms with Gasteiger partial charge in [0.05, 0.1) is 13.2 Å². The first-order chi connectivity index (χ1) is 11.5. The lowest BCUT2D eigenvalue weighted by Gasteiger charge is -2.13. The van der Waals surface area contributed by atoms with E-state index >= 15 is 0 Å². The van der Waals surface area contributed by atoms with Crippen molar-refractivity contribution < 1.29 is 23.8 Å². The standard InChI is InChI=1S/C18H23NO5/c1-12(2)24-15-8-4-13(10-16(15)22-3)5-9-18(21)23-11-17(20)19-14-6-7-14/h4-5,8-10,12,14H,6-7,11H2,1-3H3,(H,19,20)/b9-5+. The number of carbonyl (C=O) groups excluding carboxylic acids is 2. The molecular weight excluding hydrogens is 310 g/mol. The monoisotopic (exact) mass is 333 g/mol. The van der Waals surface area contributed by atoms with Crippen LogP contribution in [-0.4, -0.2) is 37.7 Å². The summed E-state index contributed by atoms with van der Waals surface area (Å²) in [7, 11) is 1.56. The number of rotatable bonds is 8. The van der Waals surface area contributed by atoms with Gasteiger partial charge in [-0.2, -0.15) is 0 Å². The minimum absolute atomic E-state index is 0.0389. The molecule has 0 spiro atoms. The summed E-state index contributed by atoms with van der Waals surface area (Å²) in [6.45, 7) is 3.61. The zero-order valence-corrected chi connectivity index (χ0v) is 14.2. The van der Waals surface area contributed by atoms with Crippen LogP contribution in [-0.2, 0) is 14.3 Å². The first-order valence-corrected chi connectivity index (χ1v) is 7.97. The fourth-order valence-electron chi connectivity index (χ4n) is 1.99. The van der Waals surface area contributed by atoms with E-state index in [0.29, 0.717) is 11.5 Å². The predicted molar refractivity (Wildman–Crippen MR) is 89.9 cm³/mol. The molecule has 0 saturated heterocycles. The first kappa shape index (κ1) is 17.8. The second-order valence-electron chi connectivity index (χ2n) is 5.86. The molecule has 0 radical (unpaired) electrons. The van der Waals surface area contributed by atoms with Gasteiger partial charge in [-0.15, -0.1) is 0 Å². The van der Waals surface area contributed by atoms with Crippen molar-refractivity contribution in [2.24, 2.45) is 0 Å². The number of ether oxygens (including phenoxy) is 3. The van der Waals surface area contributed by atoms with Gasteiger partial charge < -0.3 is 19.5 Å². The third-order valence-corrected chi connectivity index (χ3v) is 3.25. The molecule has 24 heavy (non-hydrogen) atoms. The highest BCUT2D eigenvalue weighted by molar-refractivity contribution is 5.89. The van der Waals surface area contributed by atoms with Crippen molar-refractivity contribution in [2.75, 3.05) is 13.7 Å². The van der Waals surface area contributed by atoms with Crippen LogP contribution in [0.4, 0.5) is 0 Å². The van der Waals surface area contributed by atoms with Gasteiger partial charge >= 0.3 is 5.97 Å². The van der Waals surface area contributed by atoms with Gasteiger partial charge in [-0.1, -0.05) is 6.07 Å². The molecule has 0 unspecified atom stereocenters. The van der Waals surface area contributed by atoms with Gasteiger partial charge in [0, 0.05) is 12.1 Å². The number of amides is 1. The molecule has 0 aliphatic heterocycles. The highest BCUT2D eigenvalue weighted by atomic mass is 16.5. The number of nitrogens with one attached hydrogen (secondary N) is 1. The Labute approximate surface area is 141 Å². The summed E-state index contributed by atoms with van der Waals surface area (Å²) < 4.78 is 15.8. The summed E-state index contributed by atoms with van der Waals surface area (Å²) in [5.74, 6) is 0.394. The van der Waals surface area contributed by atoms with Crippen molar-refractivity contribution in [3.63, 3.8) is 0 Å². The molecule has 1 saturated carbocycles. The molecule has 1 amide bonds. The van der Waals surface area contributed by atoms with Crippen molar-refractivity contribution in [3.05, 3.63) is 29.8 Å². The van der Waals surface area contributed by atoms with Gasteiger partial charge in [0.1, 0.15) is 0 Å². The normalized spacial score (nSPS) is 13.8. The molecule has 6 heteroatoms. The molecule has 0 aromatic heterocycles. The largest absolute Gasteiger partial charge is 0.493 e. The van der Waals surface area contributed by atoms with E-state index in [9.17, 15) is 9.59 Å². The van der Waals surface area contributed by atoms with Gasteiger partial charge in [0.25, 0.3) is 5.91 Å². The molecular formula is C18H23NO5. The zero-order valence-electron chi connectivity index (χ0n) is 14.2. The first-order valence-electron chi connectivity index (χ1n) is 7.97. The van der Waals surface area contributed by atoms with Gasteiger partial charge in [0.15, 0.2) is 18.1 Å². The molecule has 6 nitrogen and oxygen atoms in total. The molecule has 0 atom stereocenters. The van der Waals surface area contributed by atoms with Gasteiger partial charge in [-0.25, -0.2) is 4.79 Å². The van der Waals surface area contributed by atoms with Crippen molar-refractivity contribution >= 4 is 18.0 Å². The number of carbonyl (C=O) groups is 2. The summed E-state index contributed by atoms with van der Waals surface area (Å²) in [5.41, 5.74) is 0.766. The highest BCUT2D eigenvalue weighted by Crippen LogP contribution is 2.29. The molecule has 1 aliphatic rings. The summed E-state index contributed by atoms with van der Waals surface area (Å²) in [6, 6.07) is 5.61. The maximum Gasteiger partial charge on any atom is 0.331 e. The quantitative estimate of drug-likeness (QED) is 0.584. The molecule has 1 aliphatic carbocycles. The van der Waals surface area contributed by atoms with Crippen LogP contribution < -0.4 is 14.8 Å². The summed E-state index contributed by atoms with van der Waals surface area (Å²) in [5, 5.41) is 2.75. The van der Waals surface area contributed by atoms with E-state index in [1.165, 1.54) is 6.08 Å². The van der Waals surface area contributed by atoms with Crippen LogP contribution in [0.1, 0.15) is 32.3 Å². The maximum atomic E-state index is 11.6. The average Bonchev–Trinajstić information content (AvgIpc) is 3.35. The molecule has 0 bridgehead atoms. The Morgan fingerprint density at radius 2 is 2.04 bits per heavy atom. The lowest BCUT2D eigenvalue weighted by Crippen LogP contribution is -2.30. The number of esters is 1. The molecule has 0 heterocycles. The fourth-order valence-corrected chi connectivity index (χ4v) is 1.99. The molecule has 1 N–H and O–H groups in total. The Morgan fingerprint density at radius 1 is 1.29 bits per heavy atom. The Hall–Kier alpha value is -2.50. The van der Waals surface area contributed by atoms with Crippen LogP contribution in [0.3, 0.4) is 0 Å². The van der Waals surface area contributed by atoms with Crippen molar-refractivity contribution in [3.8, 4) is 11.5 Å². The van der Waals surface area contributed by atoms with Crippen LogP contribution in [0, 0.1) is 0 Å². The molecule has 2 rings (SSSR count). The second kappa shape index (κ2) is 8.38. The van der Waals surface area contributed by atoms with E-state index in [1.807, 2.05) is 19.9 Å². The van der Waals surface area contributed by atoms with Crippen LogP contribution in [0.5, 0.6) is 11.5 Å². The lowest BCUT2D eigenvalue weighted by atomic mass is 10.2. The predicted octanol–water partition coefficient (Wildman–Crippen LogP) is 2.32. The summed E-state index contributed by atoms with van der Waals surface area (Å²) in [4.78, 5) is 23.1. The minimum atomic E-state index is -0.567. The number of hydrogen-bond donors (Lipinski definition) is 1. The van der Waals surface area contributed by atoms with Crippen molar-refractivity contribution in [1.82, 2.24) is 5.32 Å². The molecule has 130 valence electrons. The summed E-state index contributed by atoms with van der Waals surface area (Å²) in [6.07, 6.45) is 4.91. The van der Waals surface area contributed by atoms with Crippen LogP contribution >= 0.6 is 0 Å².